The lowest BCUT2D eigenvalue weighted by atomic mass is 10.0. The summed E-state index contributed by atoms with van der Waals surface area (Å²) < 4.78 is 0. The molecular formula is C23H25ClN6O2. The third-order valence-corrected chi connectivity index (χ3v) is 6.60. The summed E-state index contributed by atoms with van der Waals surface area (Å²) in [6, 6.07) is 5.70. The number of fused-ring (bicyclic) bond motifs is 7. The van der Waals surface area contributed by atoms with E-state index in [9.17, 15) is 9.90 Å². The van der Waals surface area contributed by atoms with Gasteiger partial charge >= 0.3 is 0 Å². The highest BCUT2D eigenvalue weighted by Gasteiger charge is 2.25. The van der Waals surface area contributed by atoms with Crippen LogP contribution < -0.4 is 4.90 Å². The van der Waals surface area contributed by atoms with Gasteiger partial charge in [0, 0.05) is 43.8 Å². The first-order valence-corrected chi connectivity index (χ1v) is 11.4. The Kier molecular flexibility index (Phi) is 5.70. The predicted octanol–water partition coefficient (Wildman–Crippen LogP) is 3.83. The van der Waals surface area contributed by atoms with E-state index in [2.05, 4.69) is 24.8 Å². The minimum atomic E-state index is 0.00269. The molecule has 32 heavy (non-hydrogen) atoms. The van der Waals surface area contributed by atoms with Crippen LogP contribution in [0.3, 0.4) is 0 Å². The van der Waals surface area contributed by atoms with Crippen molar-refractivity contribution < 1.29 is 9.90 Å². The highest BCUT2D eigenvalue weighted by molar-refractivity contribution is 6.31. The van der Waals surface area contributed by atoms with Gasteiger partial charge in [-0.1, -0.05) is 18.0 Å². The van der Waals surface area contributed by atoms with E-state index in [1.54, 1.807) is 6.21 Å². The smallest absolute Gasteiger partial charge is 0.222 e. The van der Waals surface area contributed by atoms with Crippen molar-refractivity contribution in [1.82, 2.24) is 19.9 Å². The van der Waals surface area contributed by atoms with Gasteiger partial charge < -0.3 is 19.9 Å². The van der Waals surface area contributed by atoms with Gasteiger partial charge in [-0.25, -0.2) is 9.97 Å². The number of amides is 1. The number of halogens is 1. The van der Waals surface area contributed by atoms with Crippen LogP contribution in [-0.4, -0.2) is 63.3 Å². The minimum Gasteiger partial charge on any atom is -0.494 e. The maximum Gasteiger partial charge on any atom is 0.222 e. The molecule has 4 bridgehead atoms. The van der Waals surface area contributed by atoms with E-state index in [0.29, 0.717) is 43.8 Å². The molecule has 0 unspecified atom stereocenters. The average Bonchev–Trinajstić information content (AvgIpc) is 3.13. The second kappa shape index (κ2) is 8.78. The summed E-state index contributed by atoms with van der Waals surface area (Å²) in [4.78, 5) is 33.1. The van der Waals surface area contributed by atoms with E-state index in [-0.39, 0.29) is 11.8 Å². The summed E-state index contributed by atoms with van der Waals surface area (Å²) >= 11 is 6.40. The summed E-state index contributed by atoms with van der Waals surface area (Å²) in [7, 11) is 0. The lowest BCUT2D eigenvalue weighted by Crippen LogP contribution is -2.49. The molecule has 166 valence electrons. The molecule has 3 aliphatic rings. The number of piperazine rings is 1. The fraction of sp³-hybridized carbons (Fsp3) is 0.391. The number of aliphatic imine (C=N–C) groups is 1. The number of carbonyl (C=O) groups excluding carboxylic acids is 1. The number of aromatic hydroxyl groups is 1. The lowest BCUT2D eigenvalue weighted by Gasteiger charge is -2.35. The van der Waals surface area contributed by atoms with E-state index < -0.39 is 0 Å². The SMILES string of the molecule is O=C1CCCCCc2cc(ccc2Cl)N=Cc2c(O)[nH]c3ncnc(c23)N2CCN1CC2. The number of carbonyl (C=O) groups is 1. The second-order valence-electron chi connectivity index (χ2n) is 8.27. The molecular weight excluding hydrogens is 428 g/mol. The zero-order chi connectivity index (χ0) is 22.1. The molecule has 0 atom stereocenters. The Morgan fingerprint density at radius 3 is 2.62 bits per heavy atom. The van der Waals surface area contributed by atoms with E-state index in [1.807, 2.05) is 23.1 Å². The van der Waals surface area contributed by atoms with Crippen molar-refractivity contribution >= 4 is 46.3 Å². The molecule has 0 saturated carbocycles. The number of H-pyrrole nitrogens is 1. The number of hydrogen-bond acceptors (Lipinski definition) is 6. The summed E-state index contributed by atoms with van der Waals surface area (Å²) in [5.74, 6) is 0.951. The molecule has 5 heterocycles. The largest absolute Gasteiger partial charge is 0.494 e. The molecule has 0 aliphatic carbocycles. The van der Waals surface area contributed by atoms with Gasteiger partial charge in [0.15, 0.2) is 5.88 Å². The quantitative estimate of drug-likeness (QED) is 0.540. The Morgan fingerprint density at radius 1 is 1.00 bits per heavy atom. The van der Waals surface area contributed by atoms with Gasteiger partial charge in [-0.15, -0.1) is 0 Å². The van der Waals surface area contributed by atoms with Gasteiger partial charge in [0.25, 0.3) is 0 Å². The second-order valence-corrected chi connectivity index (χ2v) is 8.68. The van der Waals surface area contributed by atoms with Gasteiger partial charge in [0.05, 0.1) is 16.6 Å². The van der Waals surface area contributed by atoms with Crippen LogP contribution >= 0.6 is 11.6 Å². The number of aromatic amines is 1. The summed E-state index contributed by atoms with van der Waals surface area (Å²) in [5, 5.41) is 12.0. The zero-order valence-electron chi connectivity index (χ0n) is 17.7. The molecule has 0 spiro atoms. The molecule has 1 amide bonds. The normalized spacial score (nSPS) is 17.6. The zero-order valence-corrected chi connectivity index (χ0v) is 18.5. The molecule has 2 N–H and O–H groups in total. The van der Waals surface area contributed by atoms with Crippen molar-refractivity contribution in [2.24, 2.45) is 4.99 Å². The monoisotopic (exact) mass is 452 g/mol. The van der Waals surface area contributed by atoms with E-state index in [0.717, 1.165) is 53.2 Å². The number of benzene rings is 1. The Balaban J connectivity index is 1.57. The van der Waals surface area contributed by atoms with Crippen LogP contribution in [0.4, 0.5) is 11.5 Å². The molecule has 8 nitrogen and oxygen atoms in total. The van der Waals surface area contributed by atoms with Crippen molar-refractivity contribution in [2.45, 2.75) is 32.1 Å². The highest BCUT2D eigenvalue weighted by atomic mass is 35.5. The Hall–Kier alpha value is -3.13. The number of nitrogens with zero attached hydrogens (tertiary/aromatic N) is 5. The van der Waals surface area contributed by atoms with Gasteiger partial charge in [-0.3, -0.25) is 9.79 Å². The average molecular weight is 453 g/mol. The third kappa shape index (κ3) is 4.02. The molecule has 3 aliphatic heterocycles. The third-order valence-electron chi connectivity index (χ3n) is 6.23. The number of aryl methyl sites for hydroxylation is 1. The lowest BCUT2D eigenvalue weighted by molar-refractivity contribution is -0.131. The first-order chi connectivity index (χ1) is 15.6. The van der Waals surface area contributed by atoms with Crippen molar-refractivity contribution in [3.63, 3.8) is 0 Å². The first-order valence-electron chi connectivity index (χ1n) is 11.0. The van der Waals surface area contributed by atoms with Crippen LogP contribution in [0.15, 0.2) is 29.5 Å². The van der Waals surface area contributed by atoms with Crippen LogP contribution in [0.1, 0.15) is 36.8 Å². The van der Waals surface area contributed by atoms with Crippen molar-refractivity contribution in [1.29, 1.82) is 0 Å². The fourth-order valence-corrected chi connectivity index (χ4v) is 4.66. The molecule has 1 saturated heterocycles. The van der Waals surface area contributed by atoms with E-state index in [4.69, 9.17) is 11.6 Å². The summed E-state index contributed by atoms with van der Waals surface area (Å²) in [6.45, 7) is 2.68. The molecule has 6 rings (SSSR count). The number of anilines is 1. The molecule has 3 aromatic rings. The van der Waals surface area contributed by atoms with Crippen molar-refractivity contribution in [3.05, 3.63) is 40.7 Å². The Labute approximate surface area is 190 Å². The van der Waals surface area contributed by atoms with Gasteiger partial charge in [-0.05, 0) is 43.0 Å². The highest BCUT2D eigenvalue weighted by Crippen LogP contribution is 2.33. The van der Waals surface area contributed by atoms with Crippen LogP contribution in [-0.2, 0) is 11.2 Å². The van der Waals surface area contributed by atoms with Gasteiger partial charge in [-0.2, -0.15) is 0 Å². The fourth-order valence-electron chi connectivity index (χ4n) is 4.45. The Bertz CT molecular complexity index is 1180. The minimum absolute atomic E-state index is 0.00269. The van der Waals surface area contributed by atoms with Crippen LogP contribution in [0.5, 0.6) is 5.88 Å². The van der Waals surface area contributed by atoms with E-state index >= 15 is 0 Å². The van der Waals surface area contributed by atoms with Gasteiger partial charge in [0.2, 0.25) is 5.91 Å². The first kappa shape index (κ1) is 20.8. The number of rotatable bonds is 0. The number of aromatic nitrogens is 3. The van der Waals surface area contributed by atoms with Crippen molar-refractivity contribution in [2.75, 3.05) is 31.1 Å². The standard InChI is InChI=1S/C23H25ClN6O2/c24-18-7-6-16-12-15(18)4-2-1-3-5-19(31)29-8-10-30(11-9-29)22-20-17(13-25-16)23(32)28-21(20)26-14-27-22/h6-7,12-14,32H,1-5,8-11H2,(H,26,27,28). The molecule has 1 fully saturated rings. The summed E-state index contributed by atoms with van der Waals surface area (Å²) in [6.07, 6.45) is 7.39. The molecule has 2 aromatic heterocycles. The number of nitrogens with one attached hydrogen (secondary N) is 1. The summed E-state index contributed by atoms with van der Waals surface area (Å²) in [5.41, 5.74) is 2.90. The van der Waals surface area contributed by atoms with Crippen LogP contribution in [0.2, 0.25) is 5.02 Å². The van der Waals surface area contributed by atoms with E-state index in [1.165, 1.54) is 6.33 Å². The van der Waals surface area contributed by atoms with Crippen molar-refractivity contribution in [3.8, 4) is 5.88 Å². The maximum atomic E-state index is 12.7. The van der Waals surface area contributed by atoms with Gasteiger partial charge in [0.1, 0.15) is 17.8 Å². The molecule has 1 aromatic carbocycles. The maximum absolute atomic E-state index is 12.7. The van der Waals surface area contributed by atoms with Crippen LogP contribution in [0.25, 0.3) is 11.0 Å². The van der Waals surface area contributed by atoms with Crippen LogP contribution in [0, 0.1) is 0 Å². The Morgan fingerprint density at radius 2 is 1.78 bits per heavy atom. The predicted molar refractivity (Wildman–Crippen MR) is 125 cm³/mol. The molecule has 9 heteroatoms. The molecule has 0 radical (unpaired) electrons. The number of hydrogen-bond donors (Lipinski definition) is 2. The topological polar surface area (TPSA) is 97.7 Å².